The van der Waals surface area contributed by atoms with Crippen LogP contribution < -0.4 is 0 Å². The van der Waals surface area contributed by atoms with Gasteiger partial charge in [-0.1, -0.05) is 5.16 Å². The molecule has 6 nitrogen and oxygen atoms in total. The zero-order valence-electron chi connectivity index (χ0n) is 10.0. The van der Waals surface area contributed by atoms with Crippen LogP contribution in [-0.4, -0.2) is 39.3 Å². The van der Waals surface area contributed by atoms with E-state index in [1.165, 1.54) is 0 Å². The summed E-state index contributed by atoms with van der Waals surface area (Å²) in [4.78, 5) is 14.6. The number of nitrogens with zero attached hydrogens (tertiary/aromatic N) is 2. The first-order valence-electron chi connectivity index (χ1n) is 5.99. The van der Waals surface area contributed by atoms with Gasteiger partial charge in [0.1, 0.15) is 6.10 Å². The molecule has 1 N–H and O–H groups in total. The first-order valence-corrected chi connectivity index (χ1v) is 7.15. The number of aryl methyl sites for hydroxylation is 1. The molecule has 18 heavy (non-hydrogen) atoms. The second kappa shape index (κ2) is 6.75. The number of hydrogen-bond donors (Lipinski definition) is 1. The number of aromatic nitrogens is 2. The van der Waals surface area contributed by atoms with Crippen LogP contribution in [0.15, 0.2) is 4.52 Å². The van der Waals surface area contributed by atoms with Gasteiger partial charge in [-0.2, -0.15) is 16.7 Å². The van der Waals surface area contributed by atoms with Gasteiger partial charge in [-0.15, -0.1) is 0 Å². The molecule has 0 spiro atoms. The number of carbonyl (C=O) groups is 1. The Balaban J connectivity index is 1.76. The van der Waals surface area contributed by atoms with Crippen molar-refractivity contribution >= 4 is 17.7 Å². The zero-order chi connectivity index (χ0) is 12.8. The van der Waals surface area contributed by atoms with Crippen LogP contribution in [0.2, 0.25) is 0 Å². The lowest BCUT2D eigenvalue weighted by Crippen LogP contribution is -2.16. The van der Waals surface area contributed by atoms with E-state index in [0.717, 1.165) is 24.5 Å². The molecule has 0 radical (unpaired) electrons. The third kappa shape index (κ3) is 3.99. The number of carboxylic acids is 1. The van der Waals surface area contributed by atoms with Crippen LogP contribution in [0.1, 0.15) is 37.1 Å². The van der Waals surface area contributed by atoms with Crippen LogP contribution in [0, 0.1) is 0 Å². The third-order valence-corrected chi connectivity index (χ3v) is 3.61. The second-order valence-electron chi connectivity index (χ2n) is 4.08. The summed E-state index contributed by atoms with van der Waals surface area (Å²) in [5.74, 6) is 2.27. The van der Waals surface area contributed by atoms with Crippen LogP contribution in [0.4, 0.5) is 0 Å². The van der Waals surface area contributed by atoms with Crippen LogP contribution in [0.25, 0.3) is 0 Å². The van der Waals surface area contributed by atoms with E-state index < -0.39 is 5.97 Å². The first-order chi connectivity index (χ1) is 8.75. The normalized spacial score (nSPS) is 19.9. The quantitative estimate of drug-likeness (QED) is 0.788. The fraction of sp³-hybridized carbons (Fsp3) is 0.727. The highest BCUT2D eigenvalue weighted by atomic mass is 32.2. The molecule has 100 valence electrons. The standard InChI is InChI=1S/C11H16N2O4S/c14-10(15)4-2-1-3-9-12-11(13-17-9)8-7-18-6-5-16-8/h8H,1-7H2,(H,14,15). The number of unbranched alkanes of at least 4 members (excludes halogenated alkanes) is 1. The molecule has 0 amide bonds. The summed E-state index contributed by atoms with van der Waals surface area (Å²) >= 11 is 1.82. The summed E-state index contributed by atoms with van der Waals surface area (Å²) in [5, 5.41) is 12.4. The smallest absolute Gasteiger partial charge is 0.303 e. The molecule has 1 aliphatic heterocycles. The Hall–Kier alpha value is -1.08. The molecule has 1 unspecified atom stereocenters. The van der Waals surface area contributed by atoms with Crippen molar-refractivity contribution in [2.75, 3.05) is 18.1 Å². The van der Waals surface area contributed by atoms with Crippen molar-refractivity contribution < 1.29 is 19.2 Å². The van der Waals surface area contributed by atoms with E-state index in [0.29, 0.717) is 24.6 Å². The maximum absolute atomic E-state index is 10.4. The van der Waals surface area contributed by atoms with Crippen LogP contribution in [-0.2, 0) is 16.0 Å². The molecule has 1 saturated heterocycles. The second-order valence-corrected chi connectivity index (χ2v) is 5.23. The van der Waals surface area contributed by atoms with Gasteiger partial charge in [0, 0.05) is 24.3 Å². The molecule has 1 aromatic heterocycles. The minimum Gasteiger partial charge on any atom is -0.481 e. The Morgan fingerprint density at radius 1 is 1.50 bits per heavy atom. The predicted octanol–water partition coefficient (Wildman–Crippen LogP) is 1.67. The number of rotatable bonds is 6. The van der Waals surface area contributed by atoms with E-state index in [9.17, 15) is 4.79 Å². The number of carboxylic acid groups (broad SMARTS) is 1. The van der Waals surface area contributed by atoms with Gasteiger partial charge >= 0.3 is 5.97 Å². The van der Waals surface area contributed by atoms with Gasteiger partial charge in [0.15, 0.2) is 0 Å². The number of aliphatic carboxylic acids is 1. The molecule has 1 aromatic rings. The van der Waals surface area contributed by atoms with E-state index in [-0.39, 0.29) is 12.5 Å². The molecule has 7 heteroatoms. The van der Waals surface area contributed by atoms with E-state index in [1.54, 1.807) is 0 Å². The summed E-state index contributed by atoms with van der Waals surface area (Å²) in [6, 6.07) is 0. The lowest BCUT2D eigenvalue weighted by Gasteiger charge is -2.18. The summed E-state index contributed by atoms with van der Waals surface area (Å²) in [7, 11) is 0. The van der Waals surface area contributed by atoms with Crippen molar-refractivity contribution in [3.8, 4) is 0 Å². The number of thioether (sulfide) groups is 1. The number of hydrogen-bond acceptors (Lipinski definition) is 6. The summed E-state index contributed by atoms with van der Waals surface area (Å²) in [5.41, 5.74) is 0. The van der Waals surface area contributed by atoms with Crippen molar-refractivity contribution in [2.45, 2.75) is 31.8 Å². The summed E-state index contributed by atoms with van der Waals surface area (Å²) < 4.78 is 10.7. The molecular weight excluding hydrogens is 256 g/mol. The molecule has 0 aliphatic carbocycles. The van der Waals surface area contributed by atoms with Crippen molar-refractivity contribution in [1.82, 2.24) is 10.1 Å². The maximum atomic E-state index is 10.4. The average molecular weight is 272 g/mol. The molecule has 2 rings (SSSR count). The highest BCUT2D eigenvalue weighted by molar-refractivity contribution is 7.99. The predicted molar refractivity (Wildman–Crippen MR) is 65.5 cm³/mol. The van der Waals surface area contributed by atoms with Crippen LogP contribution >= 0.6 is 11.8 Å². The third-order valence-electron chi connectivity index (χ3n) is 2.62. The summed E-state index contributed by atoms with van der Waals surface area (Å²) in [6.45, 7) is 0.720. The lowest BCUT2D eigenvalue weighted by molar-refractivity contribution is -0.137. The zero-order valence-corrected chi connectivity index (χ0v) is 10.8. The minimum absolute atomic E-state index is 0.0692. The topological polar surface area (TPSA) is 85.5 Å². The largest absolute Gasteiger partial charge is 0.481 e. The van der Waals surface area contributed by atoms with Crippen molar-refractivity contribution in [3.63, 3.8) is 0 Å². The first kappa shape index (κ1) is 13.4. The monoisotopic (exact) mass is 272 g/mol. The Morgan fingerprint density at radius 3 is 3.11 bits per heavy atom. The van der Waals surface area contributed by atoms with Gasteiger partial charge in [0.05, 0.1) is 6.61 Å². The molecular formula is C11H16N2O4S. The fourth-order valence-electron chi connectivity index (χ4n) is 1.69. The highest BCUT2D eigenvalue weighted by Gasteiger charge is 2.21. The van der Waals surface area contributed by atoms with Crippen molar-refractivity contribution in [2.24, 2.45) is 0 Å². The fourth-order valence-corrected chi connectivity index (χ4v) is 2.53. The lowest BCUT2D eigenvalue weighted by atomic mass is 10.2. The van der Waals surface area contributed by atoms with Crippen LogP contribution in [0.3, 0.4) is 0 Å². The molecule has 0 bridgehead atoms. The van der Waals surface area contributed by atoms with E-state index in [2.05, 4.69) is 10.1 Å². The van der Waals surface area contributed by atoms with Gasteiger partial charge < -0.3 is 14.4 Å². The molecule has 0 aromatic carbocycles. The Bertz CT molecular complexity index is 390. The Labute approximate surface area is 109 Å². The van der Waals surface area contributed by atoms with Gasteiger partial charge in [-0.3, -0.25) is 4.79 Å². The number of ether oxygens (including phenoxy) is 1. The molecule has 0 saturated carbocycles. The highest BCUT2D eigenvalue weighted by Crippen LogP contribution is 2.24. The van der Waals surface area contributed by atoms with Gasteiger partial charge in [-0.05, 0) is 12.8 Å². The van der Waals surface area contributed by atoms with Crippen molar-refractivity contribution in [1.29, 1.82) is 0 Å². The van der Waals surface area contributed by atoms with Gasteiger partial charge in [0.2, 0.25) is 11.7 Å². The van der Waals surface area contributed by atoms with E-state index in [4.69, 9.17) is 14.4 Å². The SMILES string of the molecule is O=C(O)CCCCc1nc(C2CSCCO2)no1. The molecule has 1 fully saturated rings. The minimum atomic E-state index is -0.770. The van der Waals surface area contributed by atoms with E-state index in [1.807, 2.05) is 11.8 Å². The van der Waals surface area contributed by atoms with Gasteiger partial charge in [0.25, 0.3) is 0 Å². The Morgan fingerprint density at radius 2 is 2.39 bits per heavy atom. The molecule has 1 atom stereocenters. The van der Waals surface area contributed by atoms with Crippen LogP contribution in [0.5, 0.6) is 0 Å². The Kier molecular flexibility index (Phi) is 5.00. The molecule has 2 heterocycles. The molecule has 1 aliphatic rings. The maximum Gasteiger partial charge on any atom is 0.303 e. The average Bonchev–Trinajstić information content (AvgIpc) is 2.84. The summed E-state index contributed by atoms with van der Waals surface area (Å²) in [6.07, 6.45) is 2.11. The van der Waals surface area contributed by atoms with Crippen molar-refractivity contribution in [3.05, 3.63) is 11.7 Å². The van der Waals surface area contributed by atoms with E-state index >= 15 is 0 Å². The van der Waals surface area contributed by atoms with Gasteiger partial charge in [-0.25, -0.2) is 0 Å².